The van der Waals surface area contributed by atoms with Gasteiger partial charge in [0.1, 0.15) is 0 Å². The molecule has 0 heterocycles. The first-order chi connectivity index (χ1) is 7.42. The van der Waals surface area contributed by atoms with Crippen LogP contribution in [0.4, 0.5) is 0 Å². The van der Waals surface area contributed by atoms with E-state index in [1.807, 2.05) is 19.1 Å². The van der Waals surface area contributed by atoms with Crippen LogP contribution in [0.1, 0.15) is 30.9 Å². The van der Waals surface area contributed by atoms with Crippen molar-refractivity contribution in [2.45, 2.75) is 25.8 Å². The molecule has 1 aromatic carbocycles. The van der Waals surface area contributed by atoms with Gasteiger partial charge in [-0.2, -0.15) is 0 Å². The van der Waals surface area contributed by atoms with Gasteiger partial charge in [0, 0.05) is 0 Å². The highest BCUT2D eigenvalue weighted by molar-refractivity contribution is 7.64. The van der Waals surface area contributed by atoms with Gasteiger partial charge in [-0.15, -0.1) is 33.2 Å². The number of rotatable bonds is 4. The molecule has 1 rings (SSSR count). The summed E-state index contributed by atoms with van der Waals surface area (Å²) in [5.41, 5.74) is 2.42. The Labute approximate surface area is 112 Å². The largest absolute Gasteiger partial charge is 0.342 e. The van der Waals surface area contributed by atoms with E-state index in [0.717, 1.165) is 0 Å². The average Bonchev–Trinajstić information content (AvgIpc) is 2.16. The summed E-state index contributed by atoms with van der Waals surface area (Å²) >= 11 is 17.8. The molecule has 1 atom stereocenters. The quantitative estimate of drug-likeness (QED) is 0.509. The molecule has 0 amide bonds. The minimum atomic E-state index is -2.54. The van der Waals surface area contributed by atoms with E-state index in [1.165, 1.54) is 11.1 Å². The van der Waals surface area contributed by atoms with Crippen LogP contribution in [0.15, 0.2) is 30.3 Å². The minimum Gasteiger partial charge on any atom is -0.126 e. The van der Waals surface area contributed by atoms with E-state index < -0.39 is 6.00 Å². The summed E-state index contributed by atoms with van der Waals surface area (Å²) in [7, 11) is 0. The van der Waals surface area contributed by atoms with Crippen LogP contribution >= 0.6 is 33.2 Å². The molecule has 0 N–H and O–H groups in total. The van der Waals surface area contributed by atoms with Crippen LogP contribution < -0.4 is 0 Å². The molecule has 4 heteroatoms. The number of hydrogen-bond donors (Lipinski definition) is 0. The maximum Gasteiger partial charge on any atom is 0.342 e. The third kappa shape index (κ3) is 4.92. The summed E-state index contributed by atoms with van der Waals surface area (Å²) in [6.07, 6.45) is 4.09. The van der Waals surface area contributed by atoms with Gasteiger partial charge in [-0.1, -0.05) is 43.3 Å². The lowest BCUT2D eigenvalue weighted by atomic mass is 10.0. The highest BCUT2D eigenvalue weighted by Crippen LogP contribution is 2.34. The Morgan fingerprint density at radius 3 is 2.56 bits per heavy atom. The first-order valence-corrected chi connectivity index (χ1v) is 10.5. The third-order valence-electron chi connectivity index (χ3n) is 2.38. The molecule has 0 bridgehead atoms. The smallest absolute Gasteiger partial charge is 0.126 e. The van der Waals surface area contributed by atoms with Gasteiger partial charge in [0.05, 0.1) is 0 Å². The molecule has 0 radical (unpaired) electrons. The predicted octanol–water partition coefficient (Wildman–Crippen LogP) is 5.48. The van der Waals surface area contributed by atoms with E-state index in [4.69, 9.17) is 33.2 Å². The third-order valence-corrected chi connectivity index (χ3v) is 4.84. The lowest BCUT2D eigenvalue weighted by molar-refractivity contribution is 0.858. The molecular weight excluding hydrogens is 279 g/mol. The maximum absolute atomic E-state index is 5.93. The molecule has 0 saturated heterocycles. The van der Waals surface area contributed by atoms with Gasteiger partial charge >= 0.3 is 6.00 Å². The highest BCUT2D eigenvalue weighted by Gasteiger charge is 2.28. The summed E-state index contributed by atoms with van der Waals surface area (Å²) in [4.78, 5) is 0. The monoisotopic (exact) mass is 292 g/mol. The zero-order chi connectivity index (χ0) is 12.2. The Bertz CT molecular complexity index is 369. The molecule has 0 aliphatic carbocycles. The Morgan fingerprint density at radius 2 is 2.00 bits per heavy atom. The summed E-state index contributed by atoms with van der Waals surface area (Å²) in [5, 5.41) is 0. The average molecular weight is 294 g/mol. The van der Waals surface area contributed by atoms with Gasteiger partial charge in [0.2, 0.25) is 0 Å². The van der Waals surface area contributed by atoms with Gasteiger partial charge in [-0.3, -0.25) is 0 Å². The van der Waals surface area contributed by atoms with Crippen molar-refractivity contribution in [3.63, 3.8) is 0 Å². The predicted molar refractivity (Wildman–Crippen MR) is 77.7 cm³/mol. The topological polar surface area (TPSA) is 0 Å². The standard InChI is InChI=1S/C12H15Cl3Si/c1-3-5-11-6-4-7-12(8-11)10(2)9-16(13,14)15/h3-8,10H,9H2,1-2H3/b5-3-. The van der Waals surface area contributed by atoms with Crippen LogP contribution in [-0.2, 0) is 0 Å². The molecule has 88 valence electrons. The number of halogens is 3. The van der Waals surface area contributed by atoms with Crippen molar-refractivity contribution in [1.29, 1.82) is 0 Å². The lowest BCUT2D eigenvalue weighted by Gasteiger charge is -2.16. The van der Waals surface area contributed by atoms with Gasteiger partial charge in [-0.25, -0.2) is 0 Å². The second kappa shape index (κ2) is 6.11. The Balaban J connectivity index is 2.83. The molecule has 0 aliphatic heterocycles. The van der Waals surface area contributed by atoms with Gasteiger partial charge in [0.25, 0.3) is 0 Å². The summed E-state index contributed by atoms with van der Waals surface area (Å²) < 4.78 is 0. The molecule has 0 nitrogen and oxygen atoms in total. The lowest BCUT2D eigenvalue weighted by Crippen LogP contribution is -2.12. The molecule has 1 unspecified atom stereocenters. The fraction of sp³-hybridized carbons (Fsp3) is 0.333. The molecule has 1 aromatic rings. The van der Waals surface area contributed by atoms with E-state index in [2.05, 4.69) is 31.2 Å². The maximum atomic E-state index is 5.93. The molecule has 0 spiro atoms. The molecular formula is C12H15Cl3Si. The van der Waals surface area contributed by atoms with Gasteiger partial charge in [-0.05, 0) is 30.0 Å². The Hall–Kier alpha value is 0.0469. The van der Waals surface area contributed by atoms with Crippen molar-refractivity contribution < 1.29 is 0 Å². The van der Waals surface area contributed by atoms with Crippen LogP contribution in [0.25, 0.3) is 6.08 Å². The van der Waals surface area contributed by atoms with Crippen LogP contribution in [0, 0.1) is 0 Å². The SMILES string of the molecule is C/C=C\c1cccc(C(C)C[Si](Cl)(Cl)Cl)c1. The fourth-order valence-electron chi connectivity index (χ4n) is 1.63. The van der Waals surface area contributed by atoms with Crippen LogP contribution in [0.3, 0.4) is 0 Å². The highest BCUT2D eigenvalue weighted by atomic mass is 35.8. The van der Waals surface area contributed by atoms with Crippen molar-refractivity contribution in [2.24, 2.45) is 0 Å². The van der Waals surface area contributed by atoms with Crippen molar-refractivity contribution in [3.05, 3.63) is 41.5 Å². The zero-order valence-electron chi connectivity index (χ0n) is 9.38. The van der Waals surface area contributed by atoms with Crippen LogP contribution in [0.5, 0.6) is 0 Å². The van der Waals surface area contributed by atoms with E-state index in [-0.39, 0.29) is 0 Å². The second-order valence-electron chi connectivity index (χ2n) is 3.89. The summed E-state index contributed by atoms with van der Waals surface area (Å²) in [6.45, 7) is 4.11. The molecule has 0 aromatic heterocycles. The van der Waals surface area contributed by atoms with Crippen molar-refractivity contribution in [2.75, 3.05) is 0 Å². The van der Waals surface area contributed by atoms with E-state index >= 15 is 0 Å². The first kappa shape index (κ1) is 14.1. The minimum absolute atomic E-state index is 0.296. The molecule has 0 aliphatic rings. The van der Waals surface area contributed by atoms with Crippen LogP contribution in [-0.4, -0.2) is 6.00 Å². The number of hydrogen-bond acceptors (Lipinski definition) is 0. The van der Waals surface area contributed by atoms with Crippen molar-refractivity contribution in [1.82, 2.24) is 0 Å². The fourth-order valence-corrected chi connectivity index (χ4v) is 4.64. The van der Waals surface area contributed by atoms with Gasteiger partial charge < -0.3 is 0 Å². The number of benzene rings is 1. The van der Waals surface area contributed by atoms with Gasteiger partial charge in [0.15, 0.2) is 0 Å². The zero-order valence-corrected chi connectivity index (χ0v) is 12.7. The normalized spacial score (nSPS) is 14.3. The Kier molecular flexibility index (Phi) is 5.39. The van der Waals surface area contributed by atoms with Crippen LogP contribution in [0.2, 0.25) is 6.04 Å². The first-order valence-electron chi connectivity index (χ1n) is 5.22. The molecule has 0 fully saturated rings. The number of allylic oxidation sites excluding steroid dienone is 1. The summed E-state index contributed by atoms with van der Waals surface area (Å²) in [6, 6.07) is 6.47. The molecule has 16 heavy (non-hydrogen) atoms. The molecule has 0 saturated carbocycles. The summed E-state index contributed by atoms with van der Waals surface area (Å²) in [5.74, 6) is 0.296. The van der Waals surface area contributed by atoms with E-state index in [1.54, 1.807) is 0 Å². The Morgan fingerprint density at radius 1 is 1.31 bits per heavy atom. The van der Waals surface area contributed by atoms with Crippen molar-refractivity contribution in [3.8, 4) is 0 Å². The second-order valence-corrected chi connectivity index (χ2v) is 13.1. The van der Waals surface area contributed by atoms with E-state index in [0.29, 0.717) is 12.0 Å². The van der Waals surface area contributed by atoms with E-state index in [9.17, 15) is 0 Å². The van der Waals surface area contributed by atoms with Crippen molar-refractivity contribution >= 4 is 45.3 Å².